The van der Waals surface area contributed by atoms with Crippen molar-refractivity contribution in [3.63, 3.8) is 0 Å². The summed E-state index contributed by atoms with van der Waals surface area (Å²) in [6.07, 6.45) is 7.10. The Bertz CT molecular complexity index is 570. The number of fused-ring (bicyclic) bond motifs is 2. The van der Waals surface area contributed by atoms with Gasteiger partial charge in [-0.3, -0.25) is 14.6 Å². The lowest BCUT2D eigenvalue weighted by Crippen LogP contribution is -2.40. The van der Waals surface area contributed by atoms with E-state index in [1.54, 1.807) is 6.20 Å². The molecule has 1 aromatic rings. The second-order valence-corrected chi connectivity index (χ2v) is 5.70. The highest BCUT2D eigenvalue weighted by atomic mass is 16.4. The molecule has 1 amide bonds. The molecule has 0 spiro atoms. The van der Waals surface area contributed by atoms with Crippen LogP contribution in [0.3, 0.4) is 0 Å². The van der Waals surface area contributed by atoms with Crippen LogP contribution in [0.25, 0.3) is 0 Å². The molecular formula is C16H18N2O3. The first-order valence-electron chi connectivity index (χ1n) is 7.25. The predicted molar refractivity (Wildman–Crippen MR) is 76.3 cm³/mol. The van der Waals surface area contributed by atoms with Crippen LogP contribution in [0.2, 0.25) is 0 Å². The van der Waals surface area contributed by atoms with E-state index in [0.717, 1.165) is 12.1 Å². The maximum Gasteiger partial charge on any atom is 0.307 e. The summed E-state index contributed by atoms with van der Waals surface area (Å²) >= 11 is 0. The third-order valence-corrected chi connectivity index (χ3v) is 4.45. The van der Waals surface area contributed by atoms with E-state index < -0.39 is 17.8 Å². The van der Waals surface area contributed by atoms with Gasteiger partial charge in [-0.2, -0.15) is 0 Å². The van der Waals surface area contributed by atoms with Gasteiger partial charge in [0.2, 0.25) is 5.91 Å². The van der Waals surface area contributed by atoms with Crippen LogP contribution in [0, 0.1) is 23.7 Å². The number of carboxylic acid groups (broad SMARTS) is 1. The van der Waals surface area contributed by atoms with E-state index in [1.165, 1.54) is 0 Å². The molecule has 1 saturated carbocycles. The van der Waals surface area contributed by atoms with Crippen molar-refractivity contribution in [2.45, 2.75) is 12.8 Å². The standard InChI is InChI=1S/C16H18N2O3/c19-15(18-8-6-12-3-1-2-7-17-12)13-10-4-5-11(9-10)14(13)16(20)21/h1-5,7,10-11,13-14H,6,8-9H2,(H,18,19)(H,20,21)/t10?,11?,13-,14+/m0/s1. The molecule has 0 radical (unpaired) electrons. The van der Waals surface area contributed by atoms with Crippen molar-refractivity contribution in [3.8, 4) is 0 Å². The molecule has 21 heavy (non-hydrogen) atoms. The SMILES string of the molecule is O=C(O)[C@@H]1C2C=CC(C2)[C@@H]1C(=O)NCCc1ccccn1. The smallest absolute Gasteiger partial charge is 0.307 e. The Balaban J connectivity index is 1.58. The minimum absolute atomic E-state index is 0.0130. The zero-order valence-electron chi connectivity index (χ0n) is 11.6. The summed E-state index contributed by atoms with van der Waals surface area (Å²) in [7, 11) is 0. The highest BCUT2D eigenvalue weighted by Crippen LogP contribution is 2.48. The Morgan fingerprint density at radius 2 is 2.00 bits per heavy atom. The summed E-state index contributed by atoms with van der Waals surface area (Å²) in [4.78, 5) is 27.9. The highest BCUT2D eigenvalue weighted by molar-refractivity contribution is 5.86. The van der Waals surface area contributed by atoms with E-state index in [-0.39, 0.29) is 17.7 Å². The first-order chi connectivity index (χ1) is 10.2. The lowest BCUT2D eigenvalue weighted by molar-refractivity contribution is -0.147. The van der Waals surface area contributed by atoms with Crippen LogP contribution in [0.1, 0.15) is 12.1 Å². The molecule has 1 aromatic heterocycles. The summed E-state index contributed by atoms with van der Waals surface area (Å²) in [6.45, 7) is 0.486. The van der Waals surface area contributed by atoms with Crippen molar-refractivity contribution in [2.75, 3.05) is 6.54 Å². The van der Waals surface area contributed by atoms with Crippen molar-refractivity contribution in [1.29, 1.82) is 0 Å². The number of amides is 1. The van der Waals surface area contributed by atoms with Crippen LogP contribution in [0.4, 0.5) is 0 Å². The molecule has 2 aliphatic rings. The number of hydrogen-bond donors (Lipinski definition) is 2. The van der Waals surface area contributed by atoms with E-state index in [0.29, 0.717) is 13.0 Å². The topological polar surface area (TPSA) is 79.3 Å². The number of carbonyl (C=O) groups excluding carboxylic acids is 1. The fourth-order valence-electron chi connectivity index (χ4n) is 3.49. The molecule has 5 heteroatoms. The number of nitrogens with one attached hydrogen (secondary N) is 1. The van der Waals surface area contributed by atoms with E-state index in [4.69, 9.17) is 0 Å². The van der Waals surface area contributed by atoms with Gasteiger partial charge in [-0.1, -0.05) is 18.2 Å². The number of nitrogens with zero attached hydrogens (tertiary/aromatic N) is 1. The zero-order valence-corrected chi connectivity index (χ0v) is 11.6. The molecule has 2 unspecified atom stereocenters. The second kappa shape index (κ2) is 5.68. The van der Waals surface area contributed by atoms with Crippen LogP contribution in [0.5, 0.6) is 0 Å². The molecule has 1 heterocycles. The van der Waals surface area contributed by atoms with Gasteiger partial charge >= 0.3 is 5.97 Å². The van der Waals surface area contributed by atoms with Crippen LogP contribution < -0.4 is 5.32 Å². The summed E-state index contributed by atoms with van der Waals surface area (Å²) in [5, 5.41) is 12.2. The van der Waals surface area contributed by atoms with Gasteiger partial charge in [-0.25, -0.2) is 0 Å². The van der Waals surface area contributed by atoms with E-state index >= 15 is 0 Å². The number of allylic oxidation sites excluding steroid dienone is 2. The first kappa shape index (κ1) is 13.8. The van der Waals surface area contributed by atoms with Gasteiger partial charge in [0.15, 0.2) is 0 Å². The molecule has 2 aliphatic carbocycles. The molecule has 1 fully saturated rings. The number of aromatic nitrogens is 1. The minimum Gasteiger partial charge on any atom is -0.481 e. The van der Waals surface area contributed by atoms with Gasteiger partial charge < -0.3 is 10.4 Å². The van der Waals surface area contributed by atoms with Crippen molar-refractivity contribution in [1.82, 2.24) is 10.3 Å². The summed E-state index contributed by atoms with van der Waals surface area (Å²) in [6, 6.07) is 5.67. The van der Waals surface area contributed by atoms with Gasteiger partial charge in [-0.05, 0) is 30.4 Å². The van der Waals surface area contributed by atoms with E-state index in [9.17, 15) is 14.7 Å². The Kier molecular flexibility index (Phi) is 3.73. The Morgan fingerprint density at radius 3 is 2.67 bits per heavy atom. The third kappa shape index (κ3) is 2.68. The van der Waals surface area contributed by atoms with Gasteiger partial charge in [-0.15, -0.1) is 0 Å². The molecule has 0 aliphatic heterocycles. The third-order valence-electron chi connectivity index (χ3n) is 4.45. The Hall–Kier alpha value is -2.17. The highest BCUT2D eigenvalue weighted by Gasteiger charge is 2.51. The fourth-order valence-corrected chi connectivity index (χ4v) is 3.49. The van der Waals surface area contributed by atoms with E-state index in [2.05, 4.69) is 10.3 Å². The van der Waals surface area contributed by atoms with Crippen LogP contribution in [-0.2, 0) is 16.0 Å². The summed E-state index contributed by atoms with van der Waals surface area (Å²) < 4.78 is 0. The molecule has 3 rings (SSSR count). The van der Waals surface area contributed by atoms with Gasteiger partial charge in [0.1, 0.15) is 0 Å². The van der Waals surface area contributed by atoms with Gasteiger partial charge in [0.05, 0.1) is 11.8 Å². The molecule has 5 nitrogen and oxygen atoms in total. The maximum atomic E-state index is 12.3. The van der Waals surface area contributed by atoms with Crippen molar-refractivity contribution >= 4 is 11.9 Å². The average Bonchev–Trinajstić information content (AvgIpc) is 3.08. The lowest BCUT2D eigenvalue weighted by atomic mass is 9.82. The quantitative estimate of drug-likeness (QED) is 0.799. The molecule has 2 N–H and O–H groups in total. The van der Waals surface area contributed by atoms with Gasteiger partial charge in [0.25, 0.3) is 0 Å². The molecular weight excluding hydrogens is 268 g/mol. The molecule has 0 saturated heterocycles. The summed E-state index contributed by atoms with van der Waals surface area (Å²) in [5.41, 5.74) is 0.917. The fraction of sp³-hybridized carbons (Fsp3) is 0.438. The monoisotopic (exact) mass is 286 g/mol. The molecule has 4 atom stereocenters. The number of aliphatic carboxylic acids is 1. The van der Waals surface area contributed by atoms with Gasteiger partial charge in [0, 0.05) is 24.9 Å². The minimum atomic E-state index is -0.864. The lowest BCUT2D eigenvalue weighted by Gasteiger charge is -2.23. The number of carbonyl (C=O) groups is 2. The molecule has 0 aromatic carbocycles. The number of carboxylic acids is 1. The van der Waals surface area contributed by atoms with Crippen molar-refractivity contribution in [3.05, 3.63) is 42.2 Å². The summed E-state index contributed by atoms with van der Waals surface area (Å²) in [5.74, 6) is -1.92. The van der Waals surface area contributed by atoms with Crippen LogP contribution >= 0.6 is 0 Å². The second-order valence-electron chi connectivity index (χ2n) is 5.70. The Morgan fingerprint density at radius 1 is 1.24 bits per heavy atom. The number of pyridine rings is 1. The Labute approximate surface area is 123 Å². The van der Waals surface area contributed by atoms with Crippen molar-refractivity contribution in [2.24, 2.45) is 23.7 Å². The predicted octanol–water partition coefficient (Wildman–Crippen LogP) is 1.26. The normalized spacial score (nSPS) is 29.5. The largest absolute Gasteiger partial charge is 0.481 e. The molecule has 110 valence electrons. The maximum absolute atomic E-state index is 12.3. The molecule has 2 bridgehead atoms. The van der Waals surface area contributed by atoms with Crippen LogP contribution in [0.15, 0.2) is 36.5 Å². The number of rotatable bonds is 5. The zero-order chi connectivity index (χ0) is 14.8. The van der Waals surface area contributed by atoms with E-state index in [1.807, 2.05) is 30.4 Å². The van der Waals surface area contributed by atoms with Crippen molar-refractivity contribution < 1.29 is 14.7 Å². The first-order valence-corrected chi connectivity index (χ1v) is 7.25. The number of hydrogen-bond acceptors (Lipinski definition) is 3. The van der Waals surface area contributed by atoms with Crippen LogP contribution in [-0.4, -0.2) is 28.5 Å². The average molecular weight is 286 g/mol.